The van der Waals surface area contributed by atoms with Crippen LogP contribution in [0.5, 0.6) is 0 Å². The van der Waals surface area contributed by atoms with Crippen molar-refractivity contribution >= 4 is 28.2 Å². The molecule has 1 aromatic heterocycles. The fraction of sp³-hybridized carbons (Fsp3) is 0.357. The molecule has 0 radical (unpaired) electrons. The minimum Gasteiger partial charge on any atom is -0.366 e. The van der Waals surface area contributed by atoms with Crippen molar-refractivity contribution in [3.05, 3.63) is 35.1 Å². The monoisotopic (exact) mass is 321 g/mol. The molecule has 2 amide bonds. The number of aromatic nitrogens is 2. The van der Waals surface area contributed by atoms with E-state index in [9.17, 15) is 9.18 Å². The van der Waals surface area contributed by atoms with E-state index in [4.69, 9.17) is 0 Å². The molecule has 1 fully saturated rings. The summed E-state index contributed by atoms with van der Waals surface area (Å²) in [5.74, 6) is -0.232. The van der Waals surface area contributed by atoms with Gasteiger partial charge in [0.2, 0.25) is 5.13 Å². The summed E-state index contributed by atoms with van der Waals surface area (Å²) in [7, 11) is 0. The second-order valence-electron chi connectivity index (χ2n) is 4.98. The van der Waals surface area contributed by atoms with Gasteiger partial charge in [-0.1, -0.05) is 23.5 Å². The highest BCUT2D eigenvalue weighted by Gasteiger charge is 2.23. The van der Waals surface area contributed by atoms with E-state index >= 15 is 0 Å². The summed E-state index contributed by atoms with van der Waals surface area (Å²) < 4.78 is 13.8. The van der Waals surface area contributed by atoms with E-state index in [1.165, 1.54) is 17.4 Å². The lowest BCUT2D eigenvalue weighted by Crippen LogP contribution is -2.50. The molecule has 0 bridgehead atoms. The van der Waals surface area contributed by atoms with Crippen LogP contribution in [0.1, 0.15) is 5.01 Å². The summed E-state index contributed by atoms with van der Waals surface area (Å²) >= 11 is 1.34. The molecule has 0 spiro atoms. The standard InChI is InChI=1S/C14H16FN5OS/c1-10-17-18-13(22-10)16-14(21)20-8-6-19(7-9-20)12-5-3-2-4-11(12)15/h2-5H,6-9H2,1H3,(H,16,18,21). The van der Waals surface area contributed by atoms with E-state index in [0.29, 0.717) is 37.0 Å². The van der Waals surface area contributed by atoms with E-state index in [2.05, 4.69) is 15.5 Å². The topological polar surface area (TPSA) is 61.4 Å². The molecule has 1 aliphatic heterocycles. The van der Waals surface area contributed by atoms with Crippen LogP contribution in [-0.4, -0.2) is 47.3 Å². The Hall–Kier alpha value is -2.22. The normalized spacial score (nSPS) is 15.0. The van der Waals surface area contributed by atoms with Crippen LogP contribution in [-0.2, 0) is 0 Å². The molecule has 0 saturated carbocycles. The van der Waals surface area contributed by atoms with Gasteiger partial charge in [-0.05, 0) is 19.1 Å². The van der Waals surface area contributed by atoms with Crippen LogP contribution in [0.2, 0.25) is 0 Å². The maximum absolute atomic E-state index is 13.8. The molecule has 1 aliphatic rings. The predicted octanol–water partition coefficient (Wildman–Crippen LogP) is 2.34. The van der Waals surface area contributed by atoms with Gasteiger partial charge < -0.3 is 9.80 Å². The molecule has 22 heavy (non-hydrogen) atoms. The molecule has 8 heteroatoms. The number of nitrogens with zero attached hydrogens (tertiary/aromatic N) is 4. The zero-order valence-electron chi connectivity index (χ0n) is 12.1. The van der Waals surface area contributed by atoms with E-state index < -0.39 is 0 Å². The van der Waals surface area contributed by atoms with Gasteiger partial charge in [0.25, 0.3) is 0 Å². The quantitative estimate of drug-likeness (QED) is 0.922. The Balaban J connectivity index is 1.57. The first kappa shape index (κ1) is 14.7. The number of nitrogens with one attached hydrogen (secondary N) is 1. The Morgan fingerprint density at radius 3 is 2.59 bits per heavy atom. The van der Waals surface area contributed by atoms with E-state index in [0.717, 1.165) is 5.01 Å². The van der Waals surface area contributed by atoms with Crippen molar-refractivity contribution in [2.24, 2.45) is 0 Å². The summed E-state index contributed by atoms with van der Waals surface area (Å²) in [5.41, 5.74) is 0.585. The molecule has 2 heterocycles. The van der Waals surface area contributed by atoms with Crippen LogP contribution in [0.15, 0.2) is 24.3 Å². The average Bonchev–Trinajstić information content (AvgIpc) is 2.93. The molecule has 1 saturated heterocycles. The molecule has 3 rings (SSSR count). The van der Waals surface area contributed by atoms with Crippen LogP contribution in [0, 0.1) is 12.7 Å². The number of carbonyl (C=O) groups excluding carboxylic acids is 1. The fourth-order valence-electron chi connectivity index (χ4n) is 2.38. The maximum Gasteiger partial charge on any atom is 0.323 e. The Morgan fingerprint density at radius 1 is 1.23 bits per heavy atom. The zero-order valence-corrected chi connectivity index (χ0v) is 12.9. The van der Waals surface area contributed by atoms with Crippen LogP contribution >= 0.6 is 11.3 Å². The summed E-state index contributed by atoms with van der Waals surface area (Å²) in [6.45, 7) is 4.11. The van der Waals surface area contributed by atoms with Gasteiger partial charge in [0.15, 0.2) is 0 Å². The fourth-order valence-corrected chi connectivity index (χ4v) is 2.96. The highest BCUT2D eigenvalue weighted by Crippen LogP contribution is 2.20. The number of hydrogen-bond acceptors (Lipinski definition) is 5. The summed E-state index contributed by atoms with van der Waals surface area (Å²) in [6, 6.07) is 6.51. The number of rotatable bonds is 2. The van der Waals surface area contributed by atoms with Gasteiger partial charge in [0.05, 0.1) is 5.69 Å². The molecular formula is C14H16FN5OS. The molecule has 2 aromatic rings. The molecule has 0 atom stereocenters. The van der Waals surface area contributed by atoms with Gasteiger partial charge in [-0.3, -0.25) is 5.32 Å². The third-order valence-electron chi connectivity index (χ3n) is 3.50. The lowest BCUT2D eigenvalue weighted by Gasteiger charge is -2.35. The van der Waals surface area contributed by atoms with Gasteiger partial charge >= 0.3 is 6.03 Å². The Bertz CT molecular complexity index is 669. The first-order chi connectivity index (χ1) is 10.6. The molecule has 1 N–H and O–H groups in total. The van der Waals surface area contributed by atoms with Crippen LogP contribution in [0.25, 0.3) is 0 Å². The summed E-state index contributed by atoms with van der Waals surface area (Å²) in [6.07, 6.45) is 0. The van der Waals surface area contributed by atoms with Crippen LogP contribution in [0.4, 0.5) is 20.0 Å². The minimum atomic E-state index is -0.232. The van der Waals surface area contributed by atoms with Gasteiger partial charge in [-0.25, -0.2) is 9.18 Å². The SMILES string of the molecule is Cc1nnc(NC(=O)N2CCN(c3ccccc3F)CC2)s1. The predicted molar refractivity (Wildman–Crippen MR) is 83.9 cm³/mol. The molecule has 0 aliphatic carbocycles. The van der Waals surface area contributed by atoms with E-state index in [1.54, 1.807) is 17.0 Å². The second-order valence-corrected chi connectivity index (χ2v) is 6.16. The average molecular weight is 321 g/mol. The summed E-state index contributed by atoms with van der Waals surface area (Å²) in [5, 5.41) is 11.8. The van der Waals surface area contributed by atoms with Crippen LogP contribution in [0.3, 0.4) is 0 Å². The second kappa shape index (κ2) is 6.27. The number of carbonyl (C=O) groups is 1. The Labute approximate surface area is 131 Å². The van der Waals surface area contributed by atoms with Crippen molar-refractivity contribution in [3.8, 4) is 0 Å². The lowest BCUT2D eigenvalue weighted by atomic mass is 10.2. The number of piperazine rings is 1. The van der Waals surface area contributed by atoms with Gasteiger partial charge in [-0.15, -0.1) is 10.2 Å². The minimum absolute atomic E-state index is 0.190. The van der Waals surface area contributed by atoms with E-state index in [-0.39, 0.29) is 11.8 Å². The smallest absolute Gasteiger partial charge is 0.323 e. The van der Waals surface area contributed by atoms with Crippen molar-refractivity contribution in [2.75, 3.05) is 36.4 Å². The number of benzene rings is 1. The number of halogens is 1. The first-order valence-electron chi connectivity index (χ1n) is 6.99. The maximum atomic E-state index is 13.8. The third kappa shape index (κ3) is 3.16. The summed E-state index contributed by atoms with van der Waals surface area (Å²) in [4.78, 5) is 15.8. The number of anilines is 2. The van der Waals surface area contributed by atoms with Gasteiger partial charge in [0.1, 0.15) is 10.8 Å². The van der Waals surface area contributed by atoms with E-state index in [1.807, 2.05) is 17.9 Å². The number of amides is 2. The number of hydrogen-bond donors (Lipinski definition) is 1. The number of aryl methyl sites for hydroxylation is 1. The van der Waals surface area contributed by atoms with Crippen molar-refractivity contribution in [1.82, 2.24) is 15.1 Å². The van der Waals surface area contributed by atoms with Gasteiger partial charge in [0, 0.05) is 26.2 Å². The van der Waals surface area contributed by atoms with Crippen molar-refractivity contribution < 1.29 is 9.18 Å². The Morgan fingerprint density at radius 2 is 1.95 bits per heavy atom. The first-order valence-corrected chi connectivity index (χ1v) is 7.80. The molecular weight excluding hydrogens is 305 g/mol. The third-order valence-corrected chi connectivity index (χ3v) is 4.25. The highest BCUT2D eigenvalue weighted by atomic mass is 32.1. The van der Waals surface area contributed by atoms with Crippen molar-refractivity contribution in [1.29, 1.82) is 0 Å². The molecule has 0 unspecified atom stereocenters. The highest BCUT2D eigenvalue weighted by molar-refractivity contribution is 7.15. The van der Waals surface area contributed by atoms with Gasteiger partial charge in [-0.2, -0.15) is 0 Å². The number of urea groups is 1. The lowest BCUT2D eigenvalue weighted by molar-refractivity contribution is 0.208. The van der Waals surface area contributed by atoms with Crippen molar-refractivity contribution in [2.45, 2.75) is 6.92 Å². The van der Waals surface area contributed by atoms with Crippen molar-refractivity contribution in [3.63, 3.8) is 0 Å². The molecule has 1 aromatic carbocycles. The Kier molecular flexibility index (Phi) is 4.19. The molecule has 116 valence electrons. The zero-order chi connectivity index (χ0) is 15.5. The largest absolute Gasteiger partial charge is 0.366 e. The van der Waals surface area contributed by atoms with Crippen LogP contribution < -0.4 is 10.2 Å². The molecule has 6 nitrogen and oxygen atoms in total. The number of para-hydroxylation sites is 1.